The van der Waals surface area contributed by atoms with Crippen LogP contribution in [0.2, 0.25) is 0 Å². The van der Waals surface area contributed by atoms with Crippen molar-refractivity contribution in [2.24, 2.45) is 0 Å². The highest BCUT2D eigenvalue weighted by Gasteiger charge is 2.03. The summed E-state index contributed by atoms with van der Waals surface area (Å²) in [5, 5.41) is 6.63. The molecular weight excluding hydrogens is 362 g/mol. The molecule has 0 aliphatic heterocycles. The third kappa shape index (κ3) is 5.85. The first kappa shape index (κ1) is 20.5. The zero-order chi connectivity index (χ0) is 20.5. The molecule has 0 atom stereocenters. The largest absolute Gasteiger partial charge is 0.497 e. The van der Waals surface area contributed by atoms with Crippen molar-refractivity contribution in [1.29, 1.82) is 0 Å². The summed E-state index contributed by atoms with van der Waals surface area (Å²) in [4.78, 5) is 11.2. The van der Waals surface area contributed by atoms with E-state index in [2.05, 4.69) is 75.7 Å². The zero-order valence-electron chi connectivity index (χ0n) is 17.4. The molecule has 0 saturated carbocycles. The first-order chi connectivity index (χ1) is 14.2. The Labute approximate surface area is 173 Å². The van der Waals surface area contributed by atoms with Crippen LogP contribution < -0.4 is 20.3 Å². The minimum Gasteiger partial charge on any atom is -0.497 e. The second kappa shape index (κ2) is 10.3. The summed E-state index contributed by atoms with van der Waals surface area (Å²) in [7, 11) is 1.67. The molecule has 0 amide bonds. The summed E-state index contributed by atoms with van der Waals surface area (Å²) >= 11 is 0. The summed E-state index contributed by atoms with van der Waals surface area (Å²) < 4.78 is 5.19. The minimum absolute atomic E-state index is 0.614. The van der Waals surface area contributed by atoms with Crippen LogP contribution in [-0.4, -0.2) is 36.7 Å². The Morgan fingerprint density at radius 2 is 1.66 bits per heavy atom. The standard InChI is InChI=1S/C23H29N5O/c1-4-28(5-2)20-10-8-19(9-11-20)26-22-15-17-25-23(27-22)24-16-14-18-6-12-21(29-3)13-7-18/h6-13,15,17H,4-5,14,16H2,1-3H3,(H2,24,25,26,27). The summed E-state index contributed by atoms with van der Waals surface area (Å²) in [6.07, 6.45) is 2.65. The fraction of sp³-hybridized carbons (Fsp3) is 0.304. The van der Waals surface area contributed by atoms with Crippen molar-refractivity contribution in [3.05, 3.63) is 66.4 Å². The van der Waals surface area contributed by atoms with E-state index >= 15 is 0 Å². The predicted molar refractivity (Wildman–Crippen MR) is 121 cm³/mol. The molecule has 6 heteroatoms. The van der Waals surface area contributed by atoms with Gasteiger partial charge in [-0.3, -0.25) is 0 Å². The van der Waals surface area contributed by atoms with Crippen LogP contribution in [0.3, 0.4) is 0 Å². The van der Waals surface area contributed by atoms with E-state index in [4.69, 9.17) is 4.74 Å². The van der Waals surface area contributed by atoms with Crippen molar-refractivity contribution in [2.75, 3.05) is 42.3 Å². The number of aromatic nitrogens is 2. The lowest BCUT2D eigenvalue weighted by atomic mass is 10.1. The first-order valence-electron chi connectivity index (χ1n) is 10.0. The van der Waals surface area contributed by atoms with Gasteiger partial charge in [0.2, 0.25) is 5.95 Å². The molecule has 0 bridgehead atoms. The topological polar surface area (TPSA) is 62.3 Å². The maximum absolute atomic E-state index is 5.19. The number of benzene rings is 2. The van der Waals surface area contributed by atoms with Gasteiger partial charge >= 0.3 is 0 Å². The summed E-state index contributed by atoms with van der Waals surface area (Å²) in [6.45, 7) is 7.09. The van der Waals surface area contributed by atoms with Crippen LogP contribution >= 0.6 is 0 Å². The number of ether oxygens (including phenoxy) is 1. The van der Waals surface area contributed by atoms with Gasteiger partial charge in [0.1, 0.15) is 11.6 Å². The van der Waals surface area contributed by atoms with Crippen LogP contribution in [0.15, 0.2) is 60.8 Å². The quantitative estimate of drug-likeness (QED) is 0.521. The van der Waals surface area contributed by atoms with E-state index in [1.54, 1.807) is 13.3 Å². The van der Waals surface area contributed by atoms with Crippen LogP contribution in [0, 0.1) is 0 Å². The molecule has 152 valence electrons. The second-order valence-electron chi connectivity index (χ2n) is 6.63. The van der Waals surface area contributed by atoms with Gasteiger partial charge in [-0.2, -0.15) is 4.98 Å². The Hall–Kier alpha value is -3.28. The van der Waals surface area contributed by atoms with Gasteiger partial charge in [0, 0.05) is 37.2 Å². The number of anilines is 4. The molecule has 6 nitrogen and oxygen atoms in total. The van der Waals surface area contributed by atoms with Gasteiger partial charge in [-0.05, 0) is 68.3 Å². The van der Waals surface area contributed by atoms with E-state index in [9.17, 15) is 0 Å². The Morgan fingerprint density at radius 3 is 2.31 bits per heavy atom. The molecule has 1 heterocycles. The number of nitrogens with zero attached hydrogens (tertiary/aromatic N) is 3. The molecule has 1 aromatic heterocycles. The molecule has 2 aromatic carbocycles. The summed E-state index contributed by atoms with van der Waals surface area (Å²) in [6, 6.07) is 18.4. The average Bonchev–Trinajstić information content (AvgIpc) is 2.76. The Bertz CT molecular complexity index is 877. The lowest BCUT2D eigenvalue weighted by molar-refractivity contribution is 0.414. The van der Waals surface area contributed by atoms with Crippen molar-refractivity contribution in [2.45, 2.75) is 20.3 Å². The zero-order valence-corrected chi connectivity index (χ0v) is 17.4. The molecule has 2 N–H and O–H groups in total. The molecule has 0 fully saturated rings. The van der Waals surface area contributed by atoms with Crippen molar-refractivity contribution in [3.63, 3.8) is 0 Å². The predicted octanol–water partition coefficient (Wildman–Crippen LogP) is 4.73. The number of hydrogen-bond donors (Lipinski definition) is 2. The van der Waals surface area contributed by atoms with E-state index in [0.29, 0.717) is 5.95 Å². The van der Waals surface area contributed by atoms with Gasteiger partial charge in [0.05, 0.1) is 7.11 Å². The third-order valence-electron chi connectivity index (χ3n) is 4.78. The van der Waals surface area contributed by atoms with E-state index in [-0.39, 0.29) is 0 Å². The fourth-order valence-electron chi connectivity index (χ4n) is 3.12. The van der Waals surface area contributed by atoms with E-state index in [1.807, 2.05) is 18.2 Å². The second-order valence-corrected chi connectivity index (χ2v) is 6.63. The molecule has 29 heavy (non-hydrogen) atoms. The maximum atomic E-state index is 5.19. The van der Waals surface area contributed by atoms with Gasteiger partial charge in [0.25, 0.3) is 0 Å². The minimum atomic E-state index is 0.614. The lowest BCUT2D eigenvalue weighted by Crippen LogP contribution is -2.21. The fourth-order valence-corrected chi connectivity index (χ4v) is 3.12. The average molecular weight is 392 g/mol. The number of methoxy groups -OCH3 is 1. The first-order valence-corrected chi connectivity index (χ1v) is 10.0. The maximum Gasteiger partial charge on any atom is 0.224 e. The van der Waals surface area contributed by atoms with Gasteiger partial charge in [-0.15, -0.1) is 0 Å². The number of rotatable bonds is 10. The monoisotopic (exact) mass is 391 g/mol. The van der Waals surface area contributed by atoms with Crippen LogP contribution in [0.5, 0.6) is 5.75 Å². The van der Waals surface area contributed by atoms with Gasteiger partial charge in [0.15, 0.2) is 0 Å². The summed E-state index contributed by atoms with van der Waals surface area (Å²) in [5.74, 6) is 2.25. The van der Waals surface area contributed by atoms with Crippen LogP contribution in [0.25, 0.3) is 0 Å². The van der Waals surface area contributed by atoms with Crippen LogP contribution in [-0.2, 0) is 6.42 Å². The molecule has 3 aromatic rings. The molecule has 0 aliphatic rings. The number of nitrogens with one attached hydrogen (secondary N) is 2. The molecular formula is C23H29N5O. The normalized spacial score (nSPS) is 10.4. The Kier molecular flexibility index (Phi) is 7.28. The van der Waals surface area contributed by atoms with Crippen LogP contribution in [0.1, 0.15) is 19.4 Å². The molecule has 3 rings (SSSR count). The molecule has 0 unspecified atom stereocenters. The van der Waals surface area contributed by atoms with Crippen molar-refractivity contribution >= 4 is 23.1 Å². The SMILES string of the molecule is CCN(CC)c1ccc(Nc2ccnc(NCCc3ccc(OC)cc3)n2)cc1. The molecule has 0 spiro atoms. The van der Waals surface area contributed by atoms with Gasteiger partial charge in [-0.1, -0.05) is 12.1 Å². The molecule has 0 aliphatic carbocycles. The number of hydrogen-bond acceptors (Lipinski definition) is 6. The smallest absolute Gasteiger partial charge is 0.224 e. The Balaban J connectivity index is 1.54. The Morgan fingerprint density at radius 1 is 0.931 bits per heavy atom. The highest BCUT2D eigenvalue weighted by atomic mass is 16.5. The van der Waals surface area contributed by atoms with Crippen molar-refractivity contribution in [3.8, 4) is 5.75 Å². The van der Waals surface area contributed by atoms with Gasteiger partial charge < -0.3 is 20.3 Å². The van der Waals surface area contributed by atoms with E-state index in [0.717, 1.165) is 43.3 Å². The highest BCUT2D eigenvalue weighted by Crippen LogP contribution is 2.20. The molecule has 0 radical (unpaired) electrons. The van der Waals surface area contributed by atoms with E-state index in [1.165, 1.54) is 11.3 Å². The third-order valence-corrected chi connectivity index (χ3v) is 4.78. The summed E-state index contributed by atoms with van der Waals surface area (Å²) in [5.41, 5.74) is 3.47. The van der Waals surface area contributed by atoms with Crippen molar-refractivity contribution in [1.82, 2.24) is 9.97 Å². The van der Waals surface area contributed by atoms with Crippen LogP contribution in [0.4, 0.5) is 23.1 Å². The van der Waals surface area contributed by atoms with Crippen molar-refractivity contribution < 1.29 is 4.74 Å². The van der Waals surface area contributed by atoms with Gasteiger partial charge in [-0.25, -0.2) is 4.98 Å². The highest BCUT2D eigenvalue weighted by molar-refractivity contribution is 5.61. The van der Waals surface area contributed by atoms with E-state index < -0.39 is 0 Å². The molecule has 0 saturated heterocycles. The lowest BCUT2D eigenvalue weighted by Gasteiger charge is -2.21.